The van der Waals surface area contributed by atoms with Crippen molar-refractivity contribution in [3.63, 3.8) is 0 Å². The molecule has 0 fully saturated rings. The fourth-order valence-electron chi connectivity index (χ4n) is 2.34. The summed E-state index contributed by atoms with van der Waals surface area (Å²) in [4.78, 5) is 26.8. The molecule has 0 amide bonds. The Hall–Kier alpha value is -1.85. The molecule has 0 saturated heterocycles. The number of hydrogen-bond acceptors (Lipinski definition) is 4. The number of aromatic nitrogens is 2. The predicted octanol–water partition coefficient (Wildman–Crippen LogP) is 0.940. The predicted molar refractivity (Wildman–Crippen MR) is 57.9 cm³/mol. The lowest BCUT2D eigenvalue weighted by atomic mass is 9.94. The molecule has 1 aliphatic rings. The van der Waals surface area contributed by atoms with Crippen LogP contribution in [0.3, 0.4) is 0 Å². The van der Waals surface area contributed by atoms with Crippen molar-refractivity contribution < 1.29 is 19.4 Å². The van der Waals surface area contributed by atoms with E-state index in [-0.39, 0.29) is 5.69 Å². The molecular formula is C11H14N2O4. The van der Waals surface area contributed by atoms with Gasteiger partial charge in [-0.1, -0.05) is 0 Å². The summed E-state index contributed by atoms with van der Waals surface area (Å²) in [6.07, 6.45) is 1.43. The molecule has 6 nitrogen and oxygen atoms in total. The average Bonchev–Trinajstić information content (AvgIpc) is 2.66. The number of carbonyl (C=O) groups is 2. The molecule has 17 heavy (non-hydrogen) atoms. The van der Waals surface area contributed by atoms with E-state index in [1.54, 1.807) is 11.5 Å². The minimum atomic E-state index is -1.10. The van der Waals surface area contributed by atoms with Gasteiger partial charge in [-0.25, -0.2) is 9.78 Å². The second kappa shape index (κ2) is 4.20. The maximum atomic E-state index is 11.7. The molecule has 2 heterocycles. The van der Waals surface area contributed by atoms with Crippen molar-refractivity contribution in [3.8, 4) is 0 Å². The Labute approximate surface area is 98.2 Å². The van der Waals surface area contributed by atoms with Crippen LogP contribution in [0.4, 0.5) is 0 Å². The maximum Gasteiger partial charge on any atom is 0.356 e. The summed E-state index contributed by atoms with van der Waals surface area (Å²) in [5.74, 6) is -1.38. The van der Waals surface area contributed by atoms with Crippen LogP contribution in [0.5, 0.6) is 0 Å². The van der Waals surface area contributed by atoms with Crippen LogP contribution in [0.1, 0.15) is 40.8 Å². The Balaban J connectivity index is 2.55. The summed E-state index contributed by atoms with van der Waals surface area (Å²) in [6, 6.07) is 0. The number of fused-ring (bicyclic) bond motifs is 1. The Morgan fingerprint density at radius 2 is 2.24 bits per heavy atom. The lowest BCUT2D eigenvalue weighted by molar-refractivity contribution is -0.143. The fraction of sp³-hybridized carbons (Fsp3) is 0.545. The quantitative estimate of drug-likeness (QED) is 0.775. The first-order valence-electron chi connectivity index (χ1n) is 5.44. The van der Waals surface area contributed by atoms with E-state index in [1.165, 1.54) is 7.11 Å². The highest BCUT2D eigenvalue weighted by molar-refractivity contribution is 5.90. The van der Waals surface area contributed by atoms with Gasteiger partial charge in [0, 0.05) is 6.54 Å². The van der Waals surface area contributed by atoms with E-state index in [1.807, 2.05) is 0 Å². The lowest BCUT2D eigenvalue weighted by Crippen LogP contribution is -2.25. The van der Waals surface area contributed by atoms with Crippen LogP contribution >= 0.6 is 0 Å². The molecule has 1 aromatic rings. The number of methoxy groups -OCH3 is 1. The van der Waals surface area contributed by atoms with Crippen LogP contribution in [0, 0.1) is 6.92 Å². The zero-order valence-electron chi connectivity index (χ0n) is 9.77. The van der Waals surface area contributed by atoms with Gasteiger partial charge in [-0.3, -0.25) is 4.79 Å². The molecule has 1 atom stereocenters. The highest BCUT2D eigenvalue weighted by Gasteiger charge is 2.34. The number of aromatic carboxylic acids is 1. The third-order valence-electron chi connectivity index (χ3n) is 3.09. The van der Waals surface area contributed by atoms with Crippen molar-refractivity contribution in [2.75, 3.05) is 7.11 Å². The summed E-state index contributed by atoms with van der Waals surface area (Å²) in [6.45, 7) is 2.45. The zero-order chi connectivity index (χ0) is 12.6. The SMILES string of the molecule is COC(=O)C1CCCn2c(C)nc(C(=O)O)c21. The van der Waals surface area contributed by atoms with Crippen LogP contribution in [0.2, 0.25) is 0 Å². The summed E-state index contributed by atoms with van der Waals surface area (Å²) in [5, 5.41) is 9.10. The van der Waals surface area contributed by atoms with E-state index in [0.29, 0.717) is 24.5 Å². The normalized spacial score (nSPS) is 18.6. The summed E-state index contributed by atoms with van der Waals surface area (Å²) >= 11 is 0. The van der Waals surface area contributed by atoms with Crippen molar-refractivity contribution in [2.24, 2.45) is 0 Å². The molecule has 0 aliphatic carbocycles. The van der Waals surface area contributed by atoms with Crippen molar-refractivity contribution in [2.45, 2.75) is 32.2 Å². The third-order valence-corrected chi connectivity index (χ3v) is 3.09. The van der Waals surface area contributed by atoms with Gasteiger partial charge in [-0.15, -0.1) is 0 Å². The van der Waals surface area contributed by atoms with Gasteiger partial charge in [0.2, 0.25) is 0 Å². The topological polar surface area (TPSA) is 81.4 Å². The van der Waals surface area contributed by atoms with Gasteiger partial charge >= 0.3 is 11.9 Å². The van der Waals surface area contributed by atoms with Gasteiger partial charge in [0.1, 0.15) is 5.82 Å². The standard InChI is InChI=1S/C11H14N2O4/c1-6-12-8(10(14)15)9-7(11(16)17-2)4-3-5-13(6)9/h7H,3-5H2,1-2H3,(H,14,15). The smallest absolute Gasteiger partial charge is 0.356 e. The number of esters is 1. The number of nitrogens with zero attached hydrogens (tertiary/aromatic N) is 2. The van der Waals surface area contributed by atoms with Crippen molar-refractivity contribution >= 4 is 11.9 Å². The lowest BCUT2D eigenvalue weighted by Gasteiger charge is -2.23. The van der Waals surface area contributed by atoms with E-state index in [2.05, 4.69) is 4.98 Å². The second-order valence-corrected chi connectivity index (χ2v) is 4.07. The molecule has 6 heteroatoms. The third kappa shape index (κ3) is 1.79. The van der Waals surface area contributed by atoms with Gasteiger partial charge in [0.25, 0.3) is 0 Å². The fourth-order valence-corrected chi connectivity index (χ4v) is 2.34. The molecule has 1 aliphatic heterocycles. The van der Waals surface area contributed by atoms with E-state index in [0.717, 1.165) is 6.42 Å². The van der Waals surface area contributed by atoms with Gasteiger partial charge in [-0.2, -0.15) is 0 Å². The first-order chi connectivity index (χ1) is 8.06. The molecule has 1 aromatic heterocycles. The molecule has 0 bridgehead atoms. The molecule has 0 aromatic carbocycles. The highest BCUT2D eigenvalue weighted by Crippen LogP contribution is 2.31. The van der Waals surface area contributed by atoms with Crippen LogP contribution in [0.15, 0.2) is 0 Å². The minimum Gasteiger partial charge on any atom is -0.476 e. The summed E-state index contributed by atoms with van der Waals surface area (Å²) in [5.41, 5.74) is 0.450. The Morgan fingerprint density at radius 3 is 2.82 bits per heavy atom. The monoisotopic (exact) mass is 238 g/mol. The zero-order valence-corrected chi connectivity index (χ0v) is 9.77. The first-order valence-corrected chi connectivity index (χ1v) is 5.44. The number of imidazole rings is 1. The average molecular weight is 238 g/mol. The number of carboxylic acids is 1. The Morgan fingerprint density at radius 1 is 1.53 bits per heavy atom. The largest absolute Gasteiger partial charge is 0.476 e. The van der Waals surface area contributed by atoms with Crippen molar-refractivity contribution in [1.82, 2.24) is 9.55 Å². The molecule has 2 rings (SSSR count). The Bertz CT molecular complexity index is 478. The number of carbonyl (C=O) groups excluding carboxylic acids is 1. The Kier molecular flexibility index (Phi) is 2.87. The highest BCUT2D eigenvalue weighted by atomic mass is 16.5. The maximum absolute atomic E-state index is 11.7. The van der Waals surface area contributed by atoms with E-state index >= 15 is 0 Å². The van der Waals surface area contributed by atoms with Gasteiger partial charge in [0.05, 0.1) is 18.7 Å². The van der Waals surface area contributed by atoms with Crippen molar-refractivity contribution in [1.29, 1.82) is 0 Å². The van der Waals surface area contributed by atoms with Crippen LogP contribution < -0.4 is 0 Å². The van der Waals surface area contributed by atoms with Crippen LogP contribution in [-0.2, 0) is 16.1 Å². The minimum absolute atomic E-state index is 0.0300. The van der Waals surface area contributed by atoms with Gasteiger partial charge in [0.15, 0.2) is 5.69 Å². The molecule has 92 valence electrons. The molecular weight excluding hydrogens is 224 g/mol. The van der Waals surface area contributed by atoms with Crippen molar-refractivity contribution in [3.05, 3.63) is 17.2 Å². The number of ether oxygens (including phenoxy) is 1. The van der Waals surface area contributed by atoms with E-state index < -0.39 is 17.9 Å². The van der Waals surface area contributed by atoms with Crippen LogP contribution in [0.25, 0.3) is 0 Å². The summed E-state index contributed by atoms with van der Waals surface area (Å²) < 4.78 is 6.52. The first kappa shape index (κ1) is 11.6. The number of hydrogen-bond donors (Lipinski definition) is 1. The summed E-state index contributed by atoms with van der Waals surface area (Å²) in [7, 11) is 1.31. The molecule has 0 spiro atoms. The van der Waals surface area contributed by atoms with Gasteiger partial charge in [-0.05, 0) is 19.8 Å². The second-order valence-electron chi connectivity index (χ2n) is 4.07. The van der Waals surface area contributed by atoms with E-state index in [4.69, 9.17) is 9.84 Å². The van der Waals surface area contributed by atoms with Crippen LogP contribution in [-0.4, -0.2) is 33.7 Å². The number of rotatable bonds is 2. The molecule has 0 saturated carbocycles. The molecule has 0 radical (unpaired) electrons. The van der Waals surface area contributed by atoms with E-state index in [9.17, 15) is 9.59 Å². The number of aryl methyl sites for hydroxylation is 1. The molecule has 1 N–H and O–H groups in total. The number of carboxylic acid groups (broad SMARTS) is 1. The molecule has 1 unspecified atom stereocenters. The van der Waals surface area contributed by atoms with Gasteiger partial charge < -0.3 is 14.4 Å².